The molecule has 1 rings (SSSR count). The van der Waals surface area contributed by atoms with Gasteiger partial charge in [0.05, 0.1) is 0 Å². The number of benzene rings is 1. The van der Waals surface area contributed by atoms with Gasteiger partial charge in [0.2, 0.25) is 0 Å². The van der Waals surface area contributed by atoms with E-state index in [1.807, 2.05) is 31.2 Å². The number of hydrogen-bond donors (Lipinski definition) is 0. The molecule has 1 heteroatoms. The Hall–Kier alpha value is -1.68. The second kappa shape index (κ2) is 5.59. The molecule has 0 bridgehead atoms. The van der Waals surface area contributed by atoms with Gasteiger partial charge in [-0.15, -0.1) is 6.42 Å². The summed E-state index contributed by atoms with van der Waals surface area (Å²) in [7, 11) is 2.18. The van der Waals surface area contributed by atoms with Crippen molar-refractivity contribution < 1.29 is 0 Å². The molecule has 0 N–H and O–H groups in total. The van der Waals surface area contributed by atoms with Gasteiger partial charge in [0.25, 0.3) is 0 Å². The van der Waals surface area contributed by atoms with Crippen molar-refractivity contribution in [2.45, 2.75) is 26.1 Å². The van der Waals surface area contributed by atoms with E-state index in [2.05, 4.69) is 45.8 Å². The third-order valence-corrected chi connectivity index (χ3v) is 2.62. The van der Waals surface area contributed by atoms with Crippen LogP contribution in [0.4, 0.5) is 0 Å². The van der Waals surface area contributed by atoms with E-state index in [-0.39, 0.29) is 5.31 Å². The van der Waals surface area contributed by atoms with Gasteiger partial charge in [-0.05, 0) is 23.4 Å². The van der Waals surface area contributed by atoms with Gasteiger partial charge in [0.15, 0.2) is 0 Å². The summed E-state index contributed by atoms with van der Waals surface area (Å²) in [6.45, 7) is 6.39. The van der Waals surface area contributed by atoms with E-state index in [4.69, 9.17) is 6.42 Å². The van der Waals surface area contributed by atoms with Crippen LogP contribution in [0.1, 0.15) is 26.3 Å². The molecule has 1 aromatic carbocycles. The lowest BCUT2D eigenvalue weighted by molar-refractivity contribution is 0.824. The second-order valence-corrected chi connectivity index (χ2v) is 5.05. The molecule has 1 aromatic rings. The summed E-state index contributed by atoms with van der Waals surface area (Å²) < 4.78 is 0. The minimum atomic E-state index is 0.0457. The molecule has 17 heavy (non-hydrogen) atoms. The molecular weight excluding hydrogens is 203 g/mol. The van der Waals surface area contributed by atoms with Gasteiger partial charge in [-0.1, -0.05) is 62.3 Å². The summed E-state index contributed by atoms with van der Waals surface area (Å²) in [6.07, 6.45) is 9.85. The fourth-order valence-electron chi connectivity index (χ4n) is 1.80. The predicted molar refractivity (Wildman–Crippen MR) is 79.6 cm³/mol. The van der Waals surface area contributed by atoms with Crippen molar-refractivity contribution in [1.29, 1.82) is 0 Å². The topological polar surface area (TPSA) is 0 Å². The average molecular weight is 222 g/mol. The van der Waals surface area contributed by atoms with Crippen LogP contribution in [0, 0.1) is 12.3 Å². The molecule has 0 saturated heterocycles. The summed E-state index contributed by atoms with van der Waals surface area (Å²) in [5.41, 5.74) is 3.29. The smallest absolute Gasteiger partial charge is 0.114 e. The molecule has 86 valence electrons. The van der Waals surface area contributed by atoms with Crippen LogP contribution in [-0.2, 0) is 0 Å². The van der Waals surface area contributed by atoms with Crippen molar-refractivity contribution in [1.82, 2.24) is 0 Å². The summed E-state index contributed by atoms with van der Waals surface area (Å²) in [4.78, 5) is 0. The maximum atomic E-state index is 5.69. The molecule has 0 radical (unpaired) electrons. The lowest BCUT2D eigenvalue weighted by atomic mass is 9.65. The normalized spacial score (nSPS) is 13.3. The zero-order valence-corrected chi connectivity index (χ0v) is 11.1. The molecule has 0 fully saturated rings. The molecule has 0 atom stereocenters. The summed E-state index contributed by atoms with van der Waals surface area (Å²) in [6, 6.07) is 10.2. The van der Waals surface area contributed by atoms with Crippen molar-refractivity contribution >= 4 is 13.4 Å². The Morgan fingerprint density at radius 1 is 1.29 bits per heavy atom. The molecule has 0 heterocycles. The Morgan fingerprint density at radius 2 is 1.88 bits per heavy atom. The minimum Gasteiger partial charge on any atom is -0.115 e. The number of allylic oxidation sites excluding steroid dienone is 4. The van der Waals surface area contributed by atoms with E-state index >= 15 is 0 Å². The molecule has 0 spiro atoms. The Kier molecular flexibility index (Phi) is 4.41. The highest BCUT2D eigenvalue weighted by Crippen LogP contribution is 2.36. The highest BCUT2D eigenvalue weighted by molar-refractivity contribution is 6.18. The fraction of sp³-hybridized carbons (Fsp3) is 0.250. The molecule has 0 nitrogen and oxygen atoms in total. The van der Waals surface area contributed by atoms with E-state index in [0.717, 1.165) is 11.1 Å². The van der Waals surface area contributed by atoms with Crippen LogP contribution in [0.3, 0.4) is 0 Å². The van der Waals surface area contributed by atoms with Gasteiger partial charge < -0.3 is 0 Å². The third-order valence-electron chi connectivity index (χ3n) is 2.62. The quantitative estimate of drug-likeness (QED) is 0.417. The first-order chi connectivity index (χ1) is 8.00. The molecule has 0 saturated carbocycles. The van der Waals surface area contributed by atoms with Crippen molar-refractivity contribution in [3.05, 3.63) is 53.6 Å². The van der Waals surface area contributed by atoms with Gasteiger partial charge >= 0.3 is 0 Å². The first-order valence-corrected chi connectivity index (χ1v) is 5.90. The molecule has 0 aromatic heterocycles. The third kappa shape index (κ3) is 3.39. The van der Waals surface area contributed by atoms with Crippen LogP contribution in [0.15, 0.2) is 48.1 Å². The number of hydrogen-bond acceptors (Lipinski definition) is 0. The van der Waals surface area contributed by atoms with E-state index in [0.29, 0.717) is 0 Å². The van der Waals surface area contributed by atoms with Crippen molar-refractivity contribution in [2.75, 3.05) is 0 Å². The van der Waals surface area contributed by atoms with E-state index < -0.39 is 0 Å². The first-order valence-electron chi connectivity index (χ1n) is 5.90. The lowest BCUT2D eigenvalue weighted by Gasteiger charge is -2.23. The van der Waals surface area contributed by atoms with Crippen molar-refractivity contribution in [3.63, 3.8) is 0 Å². The monoisotopic (exact) mass is 222 g/mol. The Labute approximate surface area is 106 Å². The Bertz CT molecular complexity index is 464. The SMILES string of the molecule is BC(C)(C)C(/C=C\C)=C(/C#C)c1ccccc1. The van der Waals surface area contributed by atoms with Crippen molar-refractivity contribution in [2.24, 2.45) is 0 Å². The second-order valence-electron chi connectivity index (χ2n) is 5.05. The van der Waals surface area contributed by atoms with Crippen molar-refractivity contribution in [3.8, 4) is 12.3 Å². The zero-order chi connectivity index (χ0) is 12.9. The first kappa shape index (κ1) is 13.4. The van der Waals surface area contributed by atoms with E-state index in [1.165, 1.54) is 5.57 Å². The van der Waals surface area contributed by atoms with Gasteiger partial charge in [-0.25, -0.2) is 0 Å². The maximum absolute atomic E-state index is 5.69. The number of terminal acetylenes is 1. The van der Waals surface area contributed by atoms with Gasteiger partial charge in [0, 0.05) is 5.57 Å². The zero-order valence-electron chi connectivity index (χ0n) is 11.1. The average Bonchev–Trinajstić information content (AvgIpc) is 2.29. The van der Waals surface area contributed by atoms with Crippen LogP contribution >= 0.6 is 0 Å². The van der Waals surface area contributed by atoms with E-state index in [9.17, 15) is 0 Å². The van der Waals surface area contributed by atoms with Gasteiger partial charge in [-0.3, -0.25) is 0 Å². The predicted octanol–water partition coefficient (Wildman–Crippen LogP) is 3.48. The Balaban J connectivity index is 3.45. The minimum absolute atomic E-state index is 0.0457. The van der Waals surface area contributed by atoms with E-state index in [1.54, 1.807) is 0 Å². The highest BCUT2D eigenvalue weighted by Gasteiger charge is 2.18. The molecule has 0 aliphatic rings. The van der Waals surface area contributed by atoms with Gasteiger partial charge in [-0.2, -0.15) is 0 Å². The summed E-state index contributed by atoms with van der Waals surface area (Å²) in [5, 5.41) is 0.0457. The number of rotatable bonds is 3. The largest absolute Gasteiger partial charge is 0.115 e. The highest BCUT2D eigenvalue weighted by atomic mass is 14.2. The summed E-state index contributed by atoms with van der Waals surface area (Å²) in [5.74, 6) is 2.84. The molecule has 0 unspecified atom stereocenters. The molecule has 0 aliphatic heterocycles. The maximum Gasteiger partial charge on any atom is 0.114 e. The van der Waals surface area contributed by atoms with Crippen LogP contribution in [0.5, 0.6) is 0 Å². The summed E-state index contributed by atoms with van der Waals surface area (Å²) >= 11 is 0. The Morgan fingerprint density at radius 3 is 2.29 bits per heavy atom. The van der Waals surface area contributed by atoms with Crippen LogP contribution in [0.25, 0.3) is 5.57 Å². The van der Waals surface area contributed by atoms with Crippen LogP contribution < -0.4 is 0 Å². The molecular formula is C16H19B. The van der Waals surface area contributed by atoms with Gasteiger partial charge in [0.1, 0.15) is 7.85 Å². The molecule has 0 amide bonds. The van der Waals surface area contributed by atoms with Crippen LogP contribution in [0.2, 0.25) is 5.31 Å². The molecule has 0 aliphatic carbocycles. The fourth-order valence-corrected chi connectivity index (χ4v) is 1.80. The lowest BCUT2D eigenvalue weighted by Crippen LogP contribution is -2.07. The standard InChI is InChI=1S/C16H19B/c1-5-10-15(16(3,4)17)14(6-2)13-11-8-7-9-12-13/h2,5,7-12H,17H2,1,3-4H3/b10-5-,15-14-. The van der Waals surface area contributed by atoms with Crippen LogP contribution in [-0.4, -0.2) is 7.85 Å².